The van der Waals surface area contributed by atoms with E-state index in [1.165, 1.54) is 0 Å². The van der Waals surface area contributed by atoms with Crippen molar-refractivity contribution in [3.63, 3.8) is 0 Å². The largest absolute Gasteiger partial charge is 0.396 e. The third kappa shape index (κ3) is 5.22. The van der Waals surface area contributed by atoms with Crippen LogP contribution in [0.3, 0.4) is 0 Å². The minimum absolute atomic E-state index is 0.256. The summed E-state index contributed by atoms with van der Waals surface area (Å²) in [5.74, 6) is 1.32. The van der Waals surface area contributed by atoms with Gasteiger partial charge in [-0.05, 0) is 25.9 Å². The molecule has 6 heteroatoms. The predicted molar refractivity (Wildman–Crippen MR) is 84.3 cm³/mol. The molecule has 21 heavy (non-hydrogen) atoms. The molecule has 1 atom stereocenters. The van der Waals surface area contributed by atoms with Gasteiger partial charge < -0.3 is 20.2 Å². The minimum Gasteiger partial charge on any atom is -0.396 e. The highest BCUT2D eigenvalue weighted by atomic mass is 16.3. The summed E-state index contributed by atoms with van der Waals surface area (Å²) in [5.41, 5.74) is 1.10. The van der Waals surface area contributed by atoms with Gasteiger partial charge in [-0.25, -0.2) is 9.97 Å². The Bertz CT molecular complexity index is 403. The van der Waals surface area contributed by atoms with Crippen LogP contribution in [0.1, 0.15) is 18.9 Å². The predicted octanol–water partition coefficient (Wildman–Crippen LogP) is 0.337. The summed E-state index contributed by atoms with van der Waals surface area (Å²) in [4.78, 5) is 13.5. The van der Waals surface area contributed by atoms with Crippen molar-refractivity contribution in [1.29, 1.82) is 0 Å². The summed E-state index contributed by atoms with van der Waals surface area (Å²) >= 11 is 0. The maximum absolute atomic E-state index is 8.87. The maximum Gasteiger partial charge on any atom is 0.225 e. The number of likely N-dealkylation sites (N-methyl/N-ethyl adjacent to an activating group) is 1. The Morgan fingerprint density at radius 3 is 2.52 bits per heavy atom. The number of hydrogen-bond acceptors (Lipinski definition) is 6. The van der Waals surface area contributed by atoms with Crippen LogP contribution in [0.2, 0.25) is 0 Å². The molecule has 1 aliphatic rings. The van der Waals surface area contributed by atoms with Gasteiger partial charge in [0.2, 0.25) is 5.95 Å². The smallest absolute Gasteiger partial charge is 0.225 e. The van der Waals surface area contributed by atoms with Crippen molar-refractivity contribution >= 4 is 5.95 Å². The molecule has 0 aromatic carbocycles. The maximum atomic E-state index is 8.87. The van der Waals surface area contributed by atoms with E-state index in [1.807, 2.05) is 12.4 Å². The molecule has 1 unspecified atom stereocenters. The summed E-state index contributed by atoms with van der Waals surface area (Å²) < 4.78 is 0. The Kier molecular flexibility index (Phi) is 6.35. The highest BCUT2D eigenvalue weighted by Crippen LogP contribution is 2.10. The molecule has 6 nitrogen and oxygen atoms in total. The second-order valence-electron chi connectivity index (χ2n) is 5.93. The Morgan fingerprint density at radius 1 is 1.24 bits per heavy atom. The first kappa shape index (κ1) is 16.1. The number of piperazine rings is 1. The highest BCUT2D eigenvalue weighted by molar-refractivity contribution is 5.30. The lowest BCUT2D eigenvalue weighted by atomic mass is 10.1. The van der Waals surface area contributed by atoms with Gasteiger partial charge in [0.1, 0.15) is 0 Å². The van der Waals surface area contributed by atoms with Gasteiger partial charge in [-0.15, -0.1) is 0 Å². The van der Waals surface area contributed by atoms with Crippen molar-refractivity contribution in [2.45, 2.75) is 19.9 Å². The first-order valence-electron chi connectivity index (χ1n) is 7.75. The molecule has 0 bridgehead atoms. The fourth-order valence-corrected chi connectivity index (χ4v) is 2.39. The van der Waals surface area contributed by atoms with Crippen molar-refractivity contribution in [1.82, 2.24) is 20.2 Å². The summed E-state index contributed by atoms with van der Waals surface area (Å²) in [7, 11) is 2.14. The van der Waals surface area contributed by atoms with E-state index in [-0.39, 0.29) is 6.61 Å². The molecular formula is C15H27N5O. The summed E-state index contributed by atoms with van der Waals surface area (Å²) in [6.07, 6.45) is 4.65. The van der Waals surface area contributed by atoms with Crippen molar-refractivity contribution < 1.29 is 5.11 Å². The van der Waals surface area contributed by atoms with E-state index in [0.717, 1.165) is 57.2 Å². The molecule has 1 aromatic rings. The van der Waals surface area contributed by atoms with Crippen molar-refractivity contribution in [3.8, 4) is 0 Å². The van der Waals surface area contributed by atoms with Crippen molar-refractivity contribution in [2.24, 2.45) is 5.92 Å². The average Bonchev–Trinajstić information content (AvgIpc) is 2.49. The van der Waals surface area contributed by atoms with E-state index in [0.29, 0.717) is 5.92 Å². The van der Waals surface area contributed by atoms with Crippen LogP contribution in [0.4, 0.5) is 5.95 Å². The van der Waals surface area contributed by atoms with Crippen molar-refractivity contribution in [2.75, 3.05) is 51.3 Å². The van der Waals surface area contributed by atoms with Gasteiger partial charge in [-0.3, -0.25) is 0 Å². The molecule has 1 fully saturated rings. The fraction of sp³-hybridized carbons (Fsp3) is 0.733. The molecule has 0 aliphatic carbocycles. The van der Waals surface area contributed by atoms with Gasteiger partial charge in [0, 0.05) is 57.3 Å². The van der Waals surface area contributed by atoms with Gasteiger partial charge in [0.15, 0.2) is 0 Å². The van der Waals surface area contributed by atoms with Crippen LogP contribution in [-0.2, 0) is 6.54 Å². The topological polar surface area (TPSA) is 64.5 Å². The van der Waals surface area contributed by atoms with Gasteiger partial charge >= 0.3 is 0 Å². The average molecular weight is 293 g/mol. The van der Waals surface area contributed by atoms with Crippen LogP contribution in [0.5, 0.6) is 0 Å². The fourth-order valence-electron chi connectivity index (χ4n) is 2.39. The minimum atomic E-state index is 0.256. The Labute approximate surface area is 127 Å². The highest BCUT2D eigenvalue weighted by Gasteiger charge is 2.15. The van der Waals surface area contributed by atoms with E-state index in [4.69, 9.17) is 5.11 Å². The standard InChI is InChI=1S/C15H27N5O/c1-13(3-8-21)9-16-10-14-11-17-15(18-12-14)20-6-4-19(2)5-7-20/h11-13,16,21H,3-10H2,1-2H3. The number of nitrogens with zero attached hydrogens (tertiary/aromatic N) is 4. The zero-order valence-corrected chi connectivity index (χ0v) is 13.1. The molecular weight excluding hydrogens is 266 g/mol. The Hall–Kier alpha value is -1.24. The zero-order chi connectivity index (χ0) is 15.1. The SMILES string of the molecule is CC(CCO)CNCc1cnc(N2CCN(C)CC2)nc1. The lowest BCUT2D eigenvalue weighted by molar-refractivity contribution is 0.260. The van der Waals surface area contributed by atoms with Crippen LogP contribution in [-0.4, -0.2) is 66.4 Å². The number of aromatic nitrogens is 2. The van der Waals surface area contributed by atoms with Gasteiger partial charge in [-0.2, -0.15) is 0 Å². The molecule has 2 heterocycles. The molecule has 2 N–H and O–H groups in total. The van der Waals surface area contributed by atoms with E-state index in [9.17, 15) is 0 Å². The van der Waals surface area contributed by atoms with Crippen LogP contribution < -0.4 is 10.2 Å². The van der Waals surface area contributed by atoms with E-state index in [1.54, 1.807) is 0 Å². The van der Waals surface area contributed by atoms with Crippen LogP contribution in [0, 0.1) is 5.92 Å². The first-order valence-corrected chi connectivity index (χ1v) is 7.75. The van der Waals surface area contributed by atoms with Crippen LogP contribution >= 0.6 is 0 Å². The van der Waals surface area contributed by atoms with Crippen LogP contribution in [0.25, 0.3) is 0 Å². The molecule has 1 aromatic heterocycles. The number of hydrogen-bond donors (Lipinski definition) is 2. The number of aliphatic hydroxyl groups is 1. The van der Waals surface area contributed by atoms with Gasteiger partial charge in [-0.1, -0.05) is 6.92 Å². The van der Waals surface area contributed by atoms with E-state index in [2.05, 4.69) is 39.1 Å². The summed E-state index contributed by atoms with van der Waals surface area (Å²) in [5, 5.41) is 12.2. The molecule has 0 spiro atoms. The number of nitrogens with one attached hydrogen (secondary N) is 1. The molecule has 0 amide bonds. The lowest BCUT2D eigenvalue weighted by Crippen LogP contribution is -2.45. The molecule has 2 rings (SSSR count). The monoisotopic (exact) mass is 293 g/mol. The summed E-state index contributed by atoms with van der Waals surface area (Å²) in [6.45, 7) is 8.19. The molecule has 118 valence electrons. The van der Waals surface area contributed by atoms with Gasteiger partial charge in [0.25, 0.3) is 0 Å². The Balaban J connectivity index is 1.76. The summed E-state index contributed by atoms with van der Waals surface area (Å²) in [6, 6.07) is 0. The third-order valence-electron chi connectivity index (χ3n) is 3.92. The third-order valence-corrected chi connectivity index (χ3v) is 3.92. The van der Waals surface area contributed by atoms with Gasteiger partial charge in [0.05, 0.1) is 0 Å². The van der Waals surface area contributed by atoms with E-state index < -0.39 is 0 Å². The first-order chi connectivity index (χ1) is 10.2. The molecule has 1 saturated heterocycles. The Morgan fingerprint density at radius 2 is 1.90 bits per heavy atom. The number of rotatable bonds is 7. The normalized spacial score (nSPS) is 18.0. The molecule has 0 radical (unpaired) electrons. The van der Waals surface area contributed by atoms with Crippen LogP contribution in [0.15, 0.2) is 12.4 Å². The lowest BCUT2D eigenvalue weighted by Gasteiger charge is -2.32. The molecule has 1 aliphatic heterocycles. The molecule has 0 saturated carbocycles. The number of aliphatic hydroxyl groups excluding tert-OH is 1. The van der Waals surface area contributed by atoms with E-state index >= 15 is 0 Å². The number of anilines is 1. The quantitative estimate of drug-likeness (QED) is 0.756. The van der Waals surface area contributed by atoms with Crippen molar-refractivity contribution in [3.05, 3.63) is 18.0 Å². The second kappa shape index (κ2) is 8.26. The zero-order valence-electron chi connectivity index (χ0n) is 13.1. The second-order valence-corrected chi connectivity index (χ2v) is 5.93.